The smallest absolute Gasteiger partial charge is 0.227 e. The topological polar surface area (TPSA) is 20.3 Å². The summed E-state index contributed by atoms with van der Waals surface area (Å²) in [5.41, 5.74) is 0.499. The lowest BCUT2D eigenvalue weighted by atomic mass is 10.1. The van der Waals surface area contributed by atoms with Gasteiger partial charge in [0, 0.05) is 12.6 Å². The SMILES string of the molecule is CC1CCCCCN1C(=O)Cc1ccccc1F. The molecule has 1 aliphatic heterocycles. The van der Waals surface area contributed by atoms with Crippen LogP contribution in [0.4, 0.5) is 4.39 Å². The molecule has 0 saturated carbocycles. The van der Waals surface area contributed by atoms with Gasteiger partial charge in [-0.25, -0.2) is 4.39 Å². The molecule has 98 valence electrons. The van der Waals surface area contributed by atoms with Crippen molar-refractivity contribution in [1.82, 2.24) is 4.90 Å². The van der Waals surface area contributed by atoms with E-state index in [2.05, 4.69) is 6.92 Å². The van der Waals surface area contributed by atoms with Gasteiger partial charge < -0.3 is 4.90 Å². The van der Waals surface area contributed by atoms with Crippen molar-refractivity contribution in [3.63, 3.8) is 0 Å². The van der Waals surface area contributed by atoms with Gasteiger partial charge in [0.15, 0.2) is 0 Å². The Labute approximate surface area is 108 Å². The summed E-state index contributed by atoms with van der Waals surface area (Å²) < 4.78 is 13.5. The predicted octanol–water partition coefficient (Wildman–Crippen LogP) is 3.16. The highest BCUT2D eigenvalue weighted by Crippen LogP contribution is 2.18. The summed E-state index contributed by atoms with van der Waals surface area (Å²) in [6.45, 7) is 2.90. The zero-order valence-corrected chi connectivity index (χ0v) is 10.9. The number of carbonyl (C=O) groups excluding carboxylic acids is 1. The van der Waals surface area contributed by atoms with Crippen LogP contribution in [-0.2, 0) is 11.2 Å². The van der Waals surface area contributed by atoms with E-state index in [4.69, 9.17) is 0 Å². The summed E-state index contributed by atoms with van der Waals surface area (Å²) in [7, 11) is 0. The minimum absolute atomic E-state index is 0.0505. The first-order chi connectivity index (χ1) is 8.68. The van der Waals surface area contributed by atoms with Crippen LogP contribution in [0.25, 0.3) is 0 Å². The van der Waals surface area contributed by atoms with E-state index in [9.17, 15) is 9.18 Å². The molecule has 1 amide bonds. The highest BCUT2D eigenvalue weighted by Gasteiger charge is 2.22. The molecule has 2 nitrogen and oxygen atoms in total. The van der Waals surface area contributed by atoms with Gasteiger partial charge in [-0.3, -0.25) is 4.79 Å². The van der Waals surface area contributed by atoms with E-state index in [-0.39, 0.29) is 24.2 Å². The third kappa shape index (κ3) is 3.09. The summed E-state index contributed by atoms with van der Waals surface area (Å²) in [4.78, 5) is 14.2. The number of likely N-dealkylation sites (tertiary alicyclic amines) is 1. The highest BCUT2D eigenvalue weighted by atomic mass is 19.1. The molecule has 1 aromatic rings. The normalized spacial score (nSPS) is 20.6. The number of hydrogen-bond donors (Lipinski definition) is 0. The second kappa shape index (κ2) is 5.98. The van der Waals surface area contributed by atoms with Crippen molar-refractivity contribution in [2.45, 2.75) is 45.1 Å². The standard InChI is InChI=1S/C15H20FNO/c1-12-7-3-2-6-10-17(12)15(18)11-13-8-4-5-9-14(13)16/h4-5,8-9,12H,2-3,6-7,10-11H2,1H3. The lowest BCUT2D eigenvalue weighted by Gasteiger charge is -2.27. The number of nitrogens with zero attached hydrogens (tertiary/aromatic N) is 1. The first kappa shape index (κ1) is 13.1. The van der Waals surface area contributed by atoms with Crippen molar-refractivity contribution in [3.05, 3.63) is 35.6 Å². The average Bonchev–Trinajstić information content (AvgIpc) is 2.57. The van der Waals surface area contributed by atoms with Crippen LogP contribution in [0, 0.1) is 5.82 Å². The van der Waals surface area contributed by atoms with Gasteiger partial charge in [-0.05, 0) is 31.4 Å². The van der Waals surface area contributed by atoms with Crippen molar-refractivity contribution in [3.8, 4) is 0 Å². The number of halogens is 1. The van der Waals surface area contributed by atoms with Crippen LogP contribution in [0.15, 0.2) is 24.3 Å². The van der Waals surface area contributed by atoms with E-state index in [1.54, 1.807) is 18.2 Å². The minimum atomic E-state index is -0.284. The van der Waals surface area contributed by atoms with Gasteiger partial charge in [0.2, 0.25) is 5.91 Å². The lowest BCUT2D eigenvalue weighted by molar-refractivity contribution is -0.132. The summed E-state index contributed by atoms with van der Waals surface area (Å²) in [6.07, 6.45) is 4.67. The number of carbonyl (C=O) groups is 1. The predicted molar refractivity (Wildman–Crippen MR) is 69.7 cm³/mol. The van der Waals surface area contributed by atoms with E-state index in [1.165, 1.54) is 18.9 Å². The molecule has 18 heavy (non-hydrogen) atoms. The van der Waals surface area contributed by atoms with Crippen LogP contribution in [0.5, 0.6) is 0 Å². The molecule has 0 aromatic heterocycles. The fourth-order valence-corrected chi connectivity index (χ4v) is 2.55. The zero-order chi connectivity index (χ0) is 13.0. The van der Waals surface area contributed by atoms with Crippen LogP contribution in [-0.4, -0.2) is 23.4 Å². The van der Waals surface area contributed by atoms with E-state index >= 15 is 0 Å². The van der Waals surface area contributed by atoms with E-state index in [0.717, 1.165) is 19.4 Å². The second-order valence-electron chi connectivity index (χ2n) is 5.05. The fourth-order valence-electron chi connectivity index (χ4n) is 2.55. The molecule has 1 aliphatic rings. The summed E-state index contributed by atoms with van der Waals surface area (Å²) in [6, 6.07) is 6.81. The summed E-state index contributed by atoms with van der Waals surface area (Å²) >= 11 is 0. The van der Waals surface area contributed by atoms with Crippen molar-refractivity contribution in [2.75, 3.05) is 6.54 Å². The van der Waals surface area contributed by atoms with Gasteiger partial charge in [-0.15, -0.1) is 0 Å². The molecule has 0 bridgehead atoms. The van der Waals surface area contributed by atoms with E-state index in [0.29, 0.717) is 5.56 Å². The fraction of sp³-hybridized carbons (Fsp3) is 0.533. The van der Waals surface area contributed by atoms with Gasteiger partial charge >= 0.3 is 0 Å². The van der Waals surface area contributed by atoms with Gasteiger partial charge in [-0.1, -0.05) is 31.0 Å². The Kier molecular flexibility index (Phi) is 4.34. The molecule has 3 heteroatoms. The van der Waals surface area contributed by atoms with Gasteiger partial charge in [0.05, 0.1) is 6.42 Å². The molecule has 0 spiro atoms. The molecule has 1 unspecified atom stereocenters. The summed E-state index contributed by atoms with van der Waals surface area (Å²) in [5.74, 6) is -0.233. The van der Waals surface area contributed by atoms with E-state index < -0.39 is 0 Å². The maximum Gasteiger partial charge on any atom is 0.227 e. The maximum atomic E-state index is 13.5. The van der Waals surface area contributed by atoms with Crippen molar-refractivity contribution in [2.24, 2.45) is 0 Å². The maximum absolute atomic E-state index is 13.5. The Balaban J connectivity index is 2.04. The Morgan fingerprint density at radius 2 is 2.11 bits per heavy atom. The minimum Gasteiger partial charge on any atom is -0.340 e. The molecule has 1 atom stereocenters. The molecule has 1 saturated heterocycles. The van der Waals surface area contributed by atoms with Crippen LogP contribution < -0.4 is 0 Å². The molecule has 1 fully saturated rings. The van der Waals surface area contributed by atoms with Crippen molar-refractivity contribution in [1.29, 1.82) is 0 Å². The lowest BCUT2D eigenvalue weighted by Crippen LogP contribution is -2.39. The Morgan fingerprint density at radius 3 is 2.89 bits per heavy atom. The molecular weight excluding hydrogens is 229 g/mol. The highest BCUT2D eigenvalue weighted by molar-refractivity contribution is 5.79. The Hall–Kier alpha value is -1.38. The third-order valence-corrected chi connectivity index (χ3v) is 3.67. The molecule has 1 aromatic carbocycles. The molecular formula is C15H20FNO. The van der Waals surface area contributed by atoms with Crippen molar-refractivity contribution >= 4 is 5.91 Å². The number of benzene rings is 1. The molecule has 0 radical (unpaired) electrons. The average molecular weight is 249 g/mol. The first-order valence-corrected chi connectivity index (χ1v) is 6.71. The van der Waals surface area contributed by atoms with Crippen LogP contribution in [0.2, 0.25) is 0 Å². The monoisotopic (exact) mass is 249 g/mol. The first-order valence-electron chi connectivity index (χ1n) is 6.71. The quantitative estimate of drug-likeness (QED) is 0.788. The number of amides is 1. The van der Waals surface area contributed by atoms with Gasteiger partial charge in [-0.2, -0.15) is 0 Å². The summed E-state index contributed by atoms with van der Waals surface area (Å²) in [5, 5.41) is 0. The molecule has 0 aliphatic carbocycles. The van der Waals surface area contributed by atoms with Gasteiger partial charge in [0.25, 0.3) is 0 Å². The second-order valence-corrected chi connectivity index (χ2v) is 5.05. The van der Waals surface area contributed by atoms with Crippen LogP contribution >= 0.6 is 0 Å². The molecule has 1 heterocycles. The Morgan fingerprint density at radius 1 is 1.33 bits per heavy atom. The number of rotatable bonds is 2. The molecule has 0 N–H and O–H groups in total. The van der Waals surface area contributed by atoms with Crippen molar-refractivity contribution < 1.29 is 9.18 Å². The number of hydrogen-bond acceptors (Lipinski definition) is 1. The zero-order valence-electron chi connectivity index (χ0n) is 10.9. The Bertz CT molecular complexity index is 419. The largest absolute Gasteiger partial charge is 0.340 e. The van der Waals surface area contributed by atoms with Crippen LogP contribution in [0.3, 0.4) is 0 Å². The molecule has 2 rings (SSSR count). The third-order valence-electron chi connectivity index (χ3n) is 3.67. The van der Waals surface area contributed by atoms with Crippen LogP contribution in [0.1, 0.15) is 38.2 Å². The van der Waals surface area contributed by atoms with E-state index in [1.807, 2.05) is 4.90 Å². The van der Waals surface area contributed by atoms with Gasteiger partial charge in [0.1, 0.15) is 5.82 Å².